The molecule has 0 aromatic heterocycles. The molecule has 12 heavy (non-hydrogen) atoms. The van der Waals surface area contributed by atoms with Crippen LogP contribution in [0.3, 0.4) is 0 Å². The lowest BCUT2D eigenvalue weighted by molar-refractivity contribution is -0.122. The van der Waals surface area contributed by atoms with Crippen molar-refractivity contribution in [3.8, 4) is 0 Å². The molecule has 0 bridgehead atoms. The van der Waals surface area contributed by atoms with Crippen LogP contribution in [0.2, 0.25) is 0 Å². The first-order chi connectivity index (χ1) is 5.62. The van der Waals surface area contributed by atoms with E-state index in [1.54, 1.807) is 13.0 Å². The Labute approximate surface area is 70.4 Å². The van der Waals surface area contributed by atoms with Crippen molar-refractivity contribution in [2.75, 3.05) is 0 Å². The van der Waals surface area contributed by atoms with Crippen molar-refractivity contribution in [2.45, 2.75) is 12.5 Å². The Bertz CT molecular complexity index is 265. The average Bonchev–Trinajstić information content (AvgIpc) is 2.10. The van der Waals surface area contributed by atoms with Crippen molar-refractivity contribution in [2.24, 2.45) is 5.92 Å². The standard InChI is InChI=1S/C9H10O3/c1-7-4-8(5-10)2-3-9(7,12)6-11/h2-7,12H,1H3. The minimum Gasteiger partial charge on any atom is -0.378 e. The van der Waals surface area contributed by atoms with Gasteiger partial charge in [-0.1, -0.05) is 19.1 Å². The third-order valence-electron chi connectivity index (χ3n) is 2.04. The van der Waals surface area contributed by atoms with Gasteiger partial charge < -0.3 is 5.11 Å². The lowest BCUT2D eigenvalue weighted by atomic mass is 9.84. The van der Waals surface area contributed by atoms with Crippen molar-refractivity contribution >= 4 is 12.6 Å². The number of aliphatic hydroxyl groups is 1. The van der Waals surface area contributed by atoms with Crippen LogP contribution in [0.4, 0.5) is 0 Å². The van der Waals surface area contributed by atoms with Gasteiger partial charge in [0.15, 0.2) is 6.29 Å². The number of aldehydes is 2. The van der Waals surface area contributed by atoms with E-state index >= 15 is 0 Å². The van der Waals surface area contributed by atoms with Gasteiger partial charge in [0.25, 0.3) is 0 Å². The van der Waals surface area contributed by atoms with Gasteiger partial charge in [0.05, 0.1) is 0 Å². The van der Waals surface area contributed by atoms with Crippen molar-refractivity contribution in [1.82, 2.24) is 0 Å². The largest absolute Gasteiger partial charge is 0.378 e. The van der Waals surface area contributed by atoms with E-state index in [-0.39, 0.29) is 5.92 Å². The van der Waals surface area contributed by atoms with E-state index in [0.29, 0.717) is 18.1 Å². The smallest absolute Gasteiger partial charge is 0.156 e. The van der Waals surface area contributed by atoms with Gasteiger partial charge in [-0.15, -0.1) is 0 Å². The summed E-state index contributed by atoms with van der Waals surface area (Å²) in [5.74, 6) is -0.347. The summed E-state index contributed by atoms with van der Waals surface area (Å²) in [6.45, 7) is 1.68. The quantitative estimate of drug-likeness (QED) is 0.598. The molecule has 1 aliphatic rings. The van der Waals surface area contributed by atoms with Crippen LogP contribution in [0.15, 0.2) is 23.8 Å². The van der Waals surface area contributed by atoms with Crippen LogP contribution < -0.4 is 0 Å². The Morgan fingerprint density at radius 2 is 2.25 bits per heavy atom. The number of rotatable bonds is 2. The van der Waals surface area contributed by atoms with Crippen molar-refractivity contribution in [3.63, 3.8) is 0 Å². The molecule has 0 radical (unpaired) electrons. The topological polar surface area (TPSA) is 54.4 Å². The highest BCUT2D eigenvalue weighted by Gasteiger charge is 2.31. The molecule has 2 atom stereocenters. The highest BCUT2D eigenvalue weighted by Crippen LogP contribution is 2.24. The molecule has 1 N–H and O–H groups in total. The number of carbonyl (C=O) groups excluding carboxylic acids is 2. The maximum absolute atomic E-state index is 10.5. The van der Waals surface area contributed by atoms with Crippen molar-refractivity contribution < 1.29 is 14.7 Å². The first kappa shape index (κ1) is 8.87. The zero-order valence-electron chi connectivity index (χ0n) is 6.73. The van der Waals surface area contributed by atoms with Crippen LogP contribution in [0.1, 0.15) is 6.92 Å². The van der Waals surface area contributed by atoms with Crippen LogP contribution in [0.25, 0.3) is 0 Å². The summed E-state index contributed by atoms with van der Waals surface area (Å²) in [7, 11) is 0. The first-order valence-corrected chi connectivity index (χ1v) is 3.67. The molecule has 0 saturated carbocycles. The molecule has 0 heterocycles. The molecule has 64 valence electrons. The van der Waals surface area contributed by atoms with E-state index in [2.05, 4.69) is 0 Å². The minimum atomic E-state index is -1.44. The summed E-state index contributed by atoms with van der Waals surface area (Å²) >= 11 is 0. The van der Waals surface area contributed by atoms with Gasteiger partial charge in [0.2, 0.25) is 0 Å². The van der Waals surface area contributed by atoms with Crippen LogP contribution >= 0.6 is 0 Å². The third kappa shape index (κ3) is 1.36. The van der Waals surface area contributed by atoms with Gasteiger partial charge in [-0.3, -0.25) is 9.59 Å². The second kappa shape index (κ2) is 3.03. The predicted molar refractivity (Wildman–Crippen MR) is 43.5 cm³/mol. The zero-order chi connectivity index (χ0) is 9.19. The molecule has 0 aromatic carbocycles. The zero-order valence-corrected chi connectivity index (χ0v) is 6.73. The normalized spacial score (nSPS) is 34.2. The van der Waals surface area contributed by atoms with E-state index in [1.165, 1.54) is 12.2 Å². The summed E-state index contributed by atoms with van der Waals surface area (Å²) in [6.07, 6.45) is 5.53. The molecule has 1 aliphatic carbocycles. The summed E-state index contributed by atoms with van der Waals surface area (Å²) < 4.78 is 0. The van der Waals surface area contributed by atoms with E-state index in [1.807, 2.05) is 0 Å². The Morgan fingerprint density at radius 1 is 1.58 bits per heavy atom. The SMILES string of the molecule is CC1C=C(C=O)C=CC1(O)C=O. The number of hydrogen-bond donors (Lipinski definition) is 1. The summed E-state index contributed by atoms with van der Waals surface area (Å²) in [5.41, 5.74) is -0.944. The maximum atomic E-state index is 10.5. The number of carbonyl (C=O) groups is 2. The first-order valence-electron chi connectivity index (χ1n) is 3.67. The lowest BCUT2D eigenvalue weighted by Crippen LogP contribution is -2.36. The van der Waals surface area contributed by atoms with Crippen molar-refractivity contribution in [3.05, 3.63) is 23.8 Å². The highest BCUT2D eigenvalue weighted by molar-refractivity contribution is 5.80. The number of allylic oxidation sites excluding steroid dienone is 2. The molecule has 0 amide bonds. The Kier molecular flexibility index (Phi) is 2.24. The summed E-state index contributed by atoms with van der Waals surface area (Å²) in [4.78, 5) is 20.8. The van der Waals surface area contributed by atoms with Gasteiger partial charge >= 0.3 is 0 Å². The molecule has 1 rings (SSSR count). The molecule has 0 spiro atoms. The molecule has 0 fully saturated rings. The lowest BCUT2D eigenvalue weighted by Gasteiger charge is -2.25. The van der Waals surface area contributed by atoms with Gasteiger partial charge in [-0.05, 0) is 6.08 Å². The summed E-state index contributed by atoms with van der Waals surface area (Å²) in [5, 5.41) is 9.55. The molecular formula is C9H10O3. The monoisotopic (exact) mass is 166 g/mol. The van der Waals surface area contributed by atoms with Crippen LogP contribution in [0.5, 0.6) is 0 Å². The molecule has 3 heteroatoms. The molecule has 0 aromatic rings. The van der Waals surface area contributed by atoms with Gasteiger partial charge in [0.1, 0.15) is 11.9 Å². The third-order valence-corrected chi connectivity index (χ3v) is 2.04. The van der Waals surface area contributed by atoms with E-state index in [4.69, 9.17) is 0 Å². The molecule has 3 nitrogen and oxygen atoms in total. The molecule has 0 saturated heterocycles. The fourth-order valence-electron chi connectivity index (χ4n) is 1.08. The molecular weight excluding hydrogens is 156 g/mol. The van der Waals surface area contributed by atoms with Gasteiger partial charge in [-0.2, -0.15) is 0 Å². The van der Waals surface area contributed by atoms with Crippen LogP contribution in [-0.2, 0) is 9.59 Å². The summed E-state index contributed by atoms with van der Waals surface area (Å²) in [6, 6.07) is 0. The van der Waals surface area contributed by atoms with E-state index in [0.717, 1.165) is 0 Å². The second-order valence-electron chi connectivity index (χ2n) is 2.91. The second-order valence-corrected chi connectivity index (χ2v) is 2.91. The molecule has 2 unspecified atom stereocenters. The fourth-order valence-corrected chi connectivity index (χ4v) is 1.08. The molecule has 0 aliphatic heterocycles. The van der Waals surface area contributed by atoms with E-state index < -0.39 is 5.60 Å². The average molecular weight is 166 g/mol. The predicted octanol–water partition coefficient (Wildman–Crippen LogP) is 0.248. The van der Waals surface area contributed by atoms with Crippen molar-refractivity contribution in [1.29, 1.82) is 0 Å². The maximum Gasteiger partial charge on any atom is 0.156 e. The Balaban J connectivity index is 2.95. The van der Waals surface area contributed by atoms with Crippen LogP contribution in [-0.4, -0.2) is 23.3 Å². The Hall–Kier alpha value is -1.22. The van der Waals surface area contributed by atoms with E-state index in [9.17, 15) is 14.7 Å². The fraction of sp³-hybridized carbons (Fsp3) is 0.333. The Morgan fingerprint density at radius 3 is 2.67 bits per heavy atom. The van der Waals surface area contributed by atoms with Crippen LogP contribution in [0, 0.1) is 5.92 Å². The minimum absolute atomic E-state index is 0.347. The van der Waals surface area contributed by atoms with Gasteiger partial charge in [0, 0.05) is 11.5 Å². The highest BCUT2D eigenvalue weighted by atomic mass is 16.3. The van der Waals surface area contributed by atoms with Gasteiger partial charge in [-0.25, -0.2) is 0 Å². The number of hydrogen-bond acceptors (Lipinski definition) is 3.